The molecule has 2 heterocycles. The lowest BCUT2D eigenvalue weighted by molar-refractivity contribution is 0.0658. The Morgan fingerprint density at radius 1 is 1.11 bits per heavy atom. The number of hydrogen-bond donors (Lipinski definition) is 1. The molecule has 1 aliphatic rings. The summed E-state index contributed by atoms with van der Waals surface area (Å²) in [5.41, 5.74) is 1.17. The predicted octanol–water partition coefficient (Wildman–Crippen LogP) is 3.42. The van der Waals surface area contributed by atoms with E-state index >= 15 is 0 Å². The van der Waals surface area contributed by atoms with Gasteiger partial charge in [-0.2, -0.15) is 0 Å². The van der Waals surface area contributed by atoms with Crippen molar-refractivity contribution in [1.82, 2.24) is 9.88 Å². The van der Waals surface area contributed by atoms with E-state index in [4.69, 9.17) is 16.3 Å². The van der Waals surface area contributed by atoms with Gasteiger partial charge in [-0.3, -0.25) is 4.90 Å². The molecule has 0 radical (unpaired) electrons. The number of aliphatic hydroxyl groups excluding tert-OH is 1. The molecule has 0 bridgehead atoms. The lowest BCUT2D eigenvalue weighted by atomic mass is 10.0. The van der Waals surface area contributed by atoms with Crippen molar-refractivity contribution in [1.29, 1.82) is 0 Å². The molecule has 1 aromatic carbocycles. The smallest absolute Gasteiger partial charge is 0.128 e. The highest BCUT2D eigenvalue weighted by molar-refractivity contribution is 6.30. The van der Waals surface area contributed by atoms with E-state index in [1.54, 1.807) is 6.20 Å². The van der Waals surface area contributed by atoms with Crippen LogP contribution >= 0.6 is 11.6 Å². The third-order valence-corrected chi connectivity index (χ3v) is 5.07. The normalized spacial score (nSPS) is 16.6. The van der Waals surface area contributed by atoms with E-state index in [-0.39, 0.29) is 0 Å². The number of halogens is 1. The minimum Gasteiger partial charge on any atom is -0.491 e. The molecular formula is C21H28ClN3O2. The molecule has 1 aromatic heterocycles. The number of nitrogens with zero attached hydrogens (tertiary/aromatic N) is 3. The van der Waals surface area contributed by atoms with E-state index < -0.39 is 6.10 Å². The second-order valence-electron chi connectivity index (χ2n) is 7.28. The first-order valence-electron chi connectivity index (χ1n) is 9.51. The van der Waals surface area contributed by atoms with Crippen molar-refractivity contribution in [2.75, 3.05) is 44.2 Å². The quantitative estimate of drug-likeness (QED) is 0.786. The van der Waals surface area contributed by atoms with Gasteiger partial charge in [0.25, 0.3) is 0 Å². The minimum absolute atomic E-state index is 0.308. The molecule has 0 aliphatic carbocycles. The van der Waals surface area contributed by atoms with Crippen LogP contribution in [0, 0.1) is 0 Å². The van der Waals surface area contributed by atoms with Crippen molar-refractivity contribution in [3.05, 3.63) is 53.2 Å². The summed E-state index contributed by atoms with van der Waals surface area (Å²) in [5, 5.41) is 11.1. The van der Waals surface area contributed by atoms with Crippen LogP contribution in [0.1, 0.15) is 25.3 Å². The molecule has 0 saturated carbocycles. The first-order valence-corrected chi connectivity index (χ1v) is 9.89. The molecule has 0 unspecified atom stereocenters. The van der Waals surface area contributed by atoms with E-state index in [0.29, 0.717) is 24.1 Å². The monoisotopic (exact) mass is 389 g/mol. The summed E-state index contributed by atoms with van der Waals surface area (Å²) in [6, 6.07) is 11.9. The topological polar surface area (TPSA) is 48.8 Å². The van der Waals surface area contributed by atoms with Crippen LogP contribution in [0.25, 0.3) is 0 Å². The standard InChI is InChI=1S/C21H28ClN3O2/c1-16(2)19-5-3-4-6-20(19)27-15-18(26)14-24-9-11-25(12-10-24)21-8-7-17(22)13-23-21/h3-8,13,16,18,26H,9-12,14-15H2,1-2H3/t18-/m1/s1. The molecule has 6 heteroatoms. The number of rotatable bonds is 7. The van der Waals surface area contributed by atoms with Crippen molar-refractivity contribution in [2.24, 2.45) is 0 Å². The van der Waals surface area contributed by atoms with Gasteiger partial charge in [0, 0.05) is 38.9 Å². The lowest BCUT2D eigenvalue weighted by Crippen LogP contribution is -2.49. The van der Waals surface area contributed by atoms with Gasteiger partial charge >= 0.3 is 0 Å². The van der Waals surface area contributed by atoms with Gasteiger partial charge in [-0.05, 0) is 29.7 Å². The van der Waals surface area contributed by atoms with Crippen LogP contribution < -0.4 is 9.64 Å². The van der Waals surface area contributed by atoms with Gasteiger partial charge in [0.05, 0.1) is 5.02 Å². The maximum Gasteiger partial charge on any atom is 0.128 e. The molecule has 1 atom stereocenters. The predicted molar refractivity (Wildman–Crippen MR) is 110 cm³/mol. The van der Waals surface area contributed by atoms with Gasteiger partial charge in [-0.15, -0.1) is 0 Å². The Morgan fingerprint density at radius 2 is 1.85 bits per heavy atom. The number of benzene rings is 1. The Morgan fingerprint density at radius 3 is 2.52 bits per heavy atom. The number of ether oxygens (including phenoxy) is 1. The SMILES string of the molecule is CC(C)c1ccccc1OC[C@H](O)CN1CCN(c2ccc(Cl)cn2)CC1. The Bertz CT molecular complexity index is 716. The van der Waals surface area contributed by atoms with Gasteiger partial charge < -0.3 is 14.7 Å². The molecule has 1 N–H and O–H groups in total. The Hall–Kier alpha value is -1.82. The molecule has 1 aliphatic heterocycles. The van der Waals surface area contributed by atoms with Crippen molar-refractivity contribution in [3.8, 4) is 5.75 Å². The summed E-state index contributed by atoms with van der Waals surface area (Å²) in [6.07, 6.45) is 1.17. The number of piperazine rings is 1. The number of anilines is 1. The second kappa shape index (κ2) is 9.40. The van der Waals surface area contributed by atoms with Gasteiger partial charge in [-0.25, -0.2) is 4.98 Å². The zero-order valence-electron chi connectivity index (χ0n) is 16.0. The zero-order valence-corrected chi connectivity index (χ0v) is 16.8. The average molecular weight is 390 g/mol. The van der Waals surface area contributed by atoms with Crippen molar-refractivity contribution in [3.63, 3.8) is 0 Å². The van der Waals surface area contributed by atoms with E-state index in [2.05, 4.69) is 34.7 Å². The fourth-order valence-electron chi connectivity index (χ4n) is 3.34. The van der Waals surface area contributed by atoms with Gasteiger partial charge in [0.1, 0.15) is 24.3 Å². The van der Waals surface area contributed by atoms with Crippen LogP contribution in [0.3, 0.4) is 0 Å². The van der Waals surface area contributed by atoms with Crippen LogP contribution in [0.5, 0.6) is 5.75 Å². The molecule has 5 nitrogen and oxygen atoms in total. The number of pyridine rings is 1. The maximum atomic E-state index is 10.4. The summed E-state index contributed by atoms with van der Waals surface area (Å²) in [5.74, 6) is 2.21. The van der Waals surface area contributed by atoms with Gasteiger partial charge in [-0.1, -0.05) is 43.6 Å². The fraction of sp³-hybridized carbons (Fsp3) is 0.476. The number of aliphatic hydroxyl groups is 1. The number of para-hydroxylation sites is 1. The van der Waals surface area contributed by atoms with E-state index in [0.717, 1.165) is 37.7 Å². The molecule has 0 spiro atoms. The molecule has 0 amide bonds. The van der Waals surface area contributed by atoms with E-state index in [1.165, 1.54) is 5.56 Å². The van der Waals surface area contributed by atoms with Crippen LogP contribution in [0.4, 0.5) is 5.82 Å². The summed E-state index contributed by atoms with van der Waals surface area (Å²) in [4.78, 5) is 8.90. The molecular weight excluding hydrogens is 362 g/mol. The van der Waals surface area contributed by atoms with Crippen molar-refractivity contribution >= 4 is 17.4 Å². The Labute approximate surface area is 166 Å². The van der Waals surface area contributed by atoms with Gasteiger partial charge in [0.15, 0.2) is 0 Å². The third-order valence-electron chi connectivity index (χ3n) is 4.85. The fourth-order valence-corrected chi connectivity index (χ4v) is 3.45. The number of hydrogen-bond acceptors (Lipinski definition) is 5. The van der Waals surface area contributed by atoms with Crippen LogP contribution in [-0.4, -0.2) is 60.4 Å². The number of aromatic nitrogens is 1. The molecule has 3 rings (SSSR count). The number of β-amino-alcohol motifs (C(OH)–C–C–N with tert-alkyl or cyclic N) is 1. The highest BCUT2D eigenvalue weighted by Gasteiger charge is 2.20. The van der Waals surface area contributed by atoms with E-state index in [9.17, 15) is 5.11 Å². The molecule has 1 fully saturated rings. The Balaban J connectivity index is 1.44. The van der Waals surface area contributed by atoms with Crippen molar-refractivity contribution < 1.29 is 9.84 Å². The van der Waals surface area contributed by atoms with Crippen LogP contribution in [0.2, 0.25) is 5.02 Å². The summed E-state index contributed by atoms with van der Waals surface area (Å²) >= 11 is 5.90. The lowest BCUT2D eigenvalue weighted by Gasteiger charge is -2.36. The van der Waals surface area contributed by atoms with Gasteiger partial charge in [0.2, 0.25) is 0 Å². The third kappa shape index (κ3) is 5.58. The Kier molecular flexibility index (Phi) is 6.94. The summed E-state index contributed by atoms with van der Waals surface area (Å²) < 4.78 is 5.89. The molecule has 1 saturated heterocycles. The molecule has 2 aromatic rings. The first-order chi connectivity index (χ1) is 13.0. The summed E-state index contributed by atoms with van der Waals surface area (Å²) in [6.45, 7) is 8.78. The molecule has 27 heavy (non-hydrogen) atoms. The average Bonchev–Trinajstić information content (AvgIpc) is 2.68. The zero-order chi connectivity index (χ0) is 19.2. The first kappa shape index (κ1) is 19.9. The van der Waals surface area contributed by atoms with Crippen LogP contribution in [0.15, 0.2) is 42.6 Å². The van der Waals surface area contributed by atoms with Crippen molar-refractivity contribution in [2.45, 2.75) is 25.9 Å². The highest BCUT2D eigenvalue weighted by Crippen LogP contribution is 2.26. The summed E-state index contributed by atoms with van der Waals surface area (Å²) in [7, 11) is 0. The minimum atomic E-state index is -0.509. The van der Waals surface area contributed by atoms with E-state index in [1.807, 2.05) is 30.3 Å². The maximum absolute atomic E-state index is 10.4. The molecule has 146 valence electrons. The van der Waals surface area contributed by atoms with Crippen LogP contribution in [-0.2, 0) is 0 Å². The second-order valence-corrected chi connectivity index (χ2v) is 7.72. The largest absolute Gasteiger partial charge is 0.491 e. The highest BCUT2D eigenvalue weighted by atomic mass is 35.5.